The van der Waals surface area contributed by atoms with E-state index in [1.807, 2.05) is 0 Å². The zero-order chi connectivity index (χ0) is 7.68. The zero-order valence-electron chi connectivity index (χ0n) is 5.64. The van der Waals surface area contributed by atoms with Crippen LogP contribution >= 0.6 is 0 Å². The summed E-state index contributed by atoms with van der Waals surface area (Å²) < 4.78 is 1.70. The van der Waals surface area contributed by atoms with Gasteiger partial charge in [-0.2, -0.15) is 0 Å². The normalized spacial score (nSPS) is 10.2. The summed E-state index contributed by atoms with van der Waals surface area (Å²) in [5, 5.41) is 0. The topological polar surface area (TPSA) is 47.3 Å². The molecule has 0 bridgehead atoms. The lowest BCUT2D eigenvalue weighted by atomic mass is 10.5. The van der Waals surface area contributed by atoms with Crippen molar-refractivity contribution in [3.05, 3.63) is 30.4 Å². The molecule has 2 rings (SSSR count). The third-order valence-corrected chi connectivity index (χ3v) is 1.37. The Morgan fingerprint density at radius 1 is 1.55 bits per heavy atom. The van der Waals surface area contributed by atoms with Crippen molar-refractivity contribution < 1.29 is 4.79 Å². The molecule has 2 aromatic rings. The van der Waals surface area contributed by atoms with Crippen LogP contribution in [0.25, 0.3) is 5.78 Å². The van der Waals surface area contributed by atoms with E-state index in [2.05, 4.69) is 9.97 Å². The van der Waals surface area contributed by atoms with E-state index in [9.17, 15) is 4.79 Å². The second kappa shape index (κ2) is 2.16. The highest BCUT2D eigenvalue weighted by Crippen LogP contribution is 1.97. The second-order valence-electron chi connectivity index (χ2n) is 2.11. The maximum atomic E-state index is 10.3. The Bertz CT molecular complexity index is 360. The smallest absolute Gasteiger partial charge is 0.234 e. The van der Waals surface area contributed by atoms with Crippen molar-refractivity contribution in [3.8, 4) is 0 Å². The molecule has 0 atom stereocenters. The van der Waals surface area contributed by atoms with E-state index in [0.29, 0.717) is 17.8 Å². The average molecular weight is 147 g/mol. The number of hydrogen-bond acceptors (Lipinski definition) is 3. The average Bonchev–Trinajstić information content (AvgIpc) is 2.46. The van der Waals surface area contributed by atoms with E-state index in [-0.39, 0.29) is 0 Å². The molecule has 0 fully saturated rings. The summed E-state index contributed by atoms with van der Waals surface area (Å²) >= 11 is 0. The van der Waals surface area contributed by atoms with Crippen LogP contribution in [-0.2, 0) is 0 Å². The SMILES string of the molecule is O=Cc1cn2cccnc2n1. The number of fused-ring (bicyclic) bond motifs is 1. The first-order chi connectivity index (χ1) is 5.40. The van der Waals surface area contributed by atoms with Gasteiger partial charge in [0.1, 0.15) is 5.69 Å². The van der Waals surface area contributed by atoms with Crippen LogP contribution in [-0.4, -0.2) is 20.7 Å². The van der Waals surface area contributed by atoms with Gasteiger partial charge in [0, 0.05) is 18.6 Å². The Labute approximate surface area is 62.5 Å². The molecule has 0 amide bonds. The van der Waals surface area contributed by atoms with Gasteiger partial charge >= 0.3 is 0 Å². The van der Waals surface area contributed by atoms with Gasteiger partial charge in [0.05, 0.1) is 0 Å². The number of hydrogen-bond donors (Lipinski definition) is 0. The molecule has 0 N–H and O–H groups in total. The van der Waals surface area contributed by atoms with Crippen LogP contribution < -0.4 is 0 Å². The predicted molar refractivity (Wildman–Crippen MR) is 38.4 cm³/mol. The first-order valence-corrected chi connectivity index (χ1v) is 3.15. The predicted octanol–water partition coefficient (Wildman–Crippen LogP) is 0.542. The van der Waals surface area contributed by atoms with E-state index in [0.717, 1.165) is 0 Å². The Morgan fingerprint density at radius 2 is 2.45 bits per heavy atom. The minimum Gasteiger partial charge on any atom is -0.296 e. The molecule has 54 valence electrons. The maximum absolute atomic E-state index is 10.3. The Kier molecular flexibility index (Phi) is 1.18. The fraction of sp³-hybridized carbons (Fsp3) is 0. The van der Waals surface area contributed by atoms with Crippen LogP contribution in [0.5, 0.6) is 0 Å². The molecule has 0 aliphatic carbocycles. The van der Waals surface area contributed by atoms with Crippen LogP contribution in [0.15, 0.2) is 24.7 Å². The number of aromatic nitrogens is 3. The maximum Gasteiger partial charge on any atom is 0.234 e. The number of rotatable bonds is 1. The highest BCUT2D eigenvalue weighted by atomic mass is 16.1. The van der Waals surface area contributed by atoms with Crippen molar-refractivity contribution in [2.24, 2.45) is 0 Å². The van der Waals surface area contributed by atoms with Gasteiger partial charge in [-0.15, -0.1) is 0 Å². The summed E-state index contributed by atoms with van der Waals surface area (Å²) in [5.41, 5.74) is 0.406. The lowest BCUT2D eigenvalue weighted by molar-refractivity contribution is 0.111. The fourth-order valence-corrected chi connectivity index (χ4v) is 0.905. The molecule has 2 aromatic heterocycles. The van der Waals surface area contributed by atoms with E-state index in [1.54, 1.807) is 29.1 Å². The molecule has 4 heteroatoms. The largest absolute Gasteiger partial charge is 0.296 e. The quantitative estimate of drug-likeness (QED) is 0.553. The van der Waals surface area contributed by atoms with Gasteiger partial charge in [-0.1, -0.05) is 0 Å². The summed E-state index contributed by atoms with van der Waals surface area (Å²) in [6.07, 6.45) is 5.77. The molecular weight excluding hydrogens is 142 g/mol. The standard InChI is InChI=1S/C7H5N3O/c11-5-6-4-10-3-1-2-8-7(10)9-6/h1-5H. The molecule has 2 heterocycles. The molecule has 0 radical (unpaired) electrons. The van der Waals surface area contributed by atoms with E-state index in [1.165, 1.54) is 0 Å². The van der Waals surface area contributed by atoms with Crippen molar-refractivity contribution >= 4 is 12.1 Å². The third kappa shape index (κ3) is 0.881. The van der Waals surface area contributed by atoms with Crippen molar-refractivity contribution in [2.45, 2.75) is 0 Å². The highest BCUT2D eigenvalue weighted by Gasteiger charge is 1.97. The van der Waals surface area contributed by atoms with Gasteiger partial charge < -0.3 is 0 Å². The Balaban J connectivity index is 2.78. The minimum atomic E-state index is 0.406. The lowest BCUT2D eigenvalue weighted by Gasteiger charge is -1.85. The van der Waals surface area contributed by atoms with Gasteiger partial charge in [-0.25, -0.2) is 9.97 Å². The van der Waals surface area contributed by atoms with Crippen LogP contribution in [0.3, 0.4) is 0 Å². The molecule has 4 nitrogen and oxygen atoms in total. The van der Waals surface area contributed by atoms with E-state index in [4.69, 9.17) is 0 Å². The first-order valence-electron chi connectivity index (χ1n) is 3.15. The highest BCUT2D eigenvalue weighted by molar-refractivity contribution is 5.72. The summed E-state index contributed by atoms with van der Waals surface area (Å²) in [5.74, 6) is 0.551. The molecule has 0 saturated carbocycles. The van der Waals surface area contributed by atoms with Crippen LogP contribution in [0, 0.1) is 0 Å². The van der Waals surface area contributed by atoms with Crippen molar-refractivity contribution in [1.82, 2.24) is 14.4 Å². The van der Waals surface area contributed by atoms with Gasteiger partial charge in [-0.3, -0.25) is 9.20 Å². The molecule has 0 saturated heterocycles. The van der Waals surface area contributed by atoms with E-state index >= 15 is 0 Å². The summed E-state index contributed by atoms with van der Waals surface area (Å²) in [4.78, 5) is 18.1. The molecule has 0 aromatic carbocycles. The van der Waals surface area contributed by atoms with Crippen LogP contribution in [0.4, 0.5) is 0 Å². The monoisotopic (exact) mass is 147 g/mol. The minimum absolute atomic E-state index is 0.406. The third-order valence-electron chi connectivity index (χ3n) is 1.37. The number of imidazole rings is 1. The number of carbonyl (C=O) groups excluding carboxylic acids is 1. The summed E-state index contributed by atoms with van der Waals surface area (Å²) in [6, 6.07) is 1.78. The van der Waals surface area contributed by atoms with E-state index < -0.39 is 0 Å². The van der Waals surface area contributed by atoms with Crippen molar-refractivity contribution in [2.75, 3.05) is 0 Å². The molecular formula is C7H5N3O. The van der Waals surface area contributed by atoms with Gasteiger partial charge in [0.15, 0.2) is 6.29 Å². The van der Waals surface area contributed by atoms with Gasteiger partial charge in [-0.05, 0) is 6.07 Å². The zero-order valence-corrected chi connectivity index (χ0v) is 5.64. The van der Waals surface area contributed by atoms with Crippen LogP contribution in [0.2, 0.25) is 0 Å². The van der Waals surface area contributed by atoms with Gasteiger partial charge in [0.25, 0.3) is 0 Å². The van der Waals surface area contributed by atoms with Crippen molar-refractivity contribution in [3.63, 3.8) is 0 Å². The Morgan fingerprint density at radius 3 is 3.18 bits per heavy atom. The molecule has 0 aliphatic rings. The summed E-state index contributed by atoms with van der Waals surface area (Å²) in [7, 11) is 0. The number of nitrogens with zero attached hydrogens (tertiary/aromatic N) is 3. The van der Waals surface area contributed by atoms with Crippen molar-refractivity contribution in [1.29, 1.82) is 0 Å². The molecule has 0 unspecified atom stereocenters. The van der Waals surface area contributed by atoms with Gasteiger partial charge in [0.2, 0.25) is 5.78 Å². The molecule has 0 spiro atoms. The van der Waals surface area contributed by atoms with Crippen LogP contribution in [0.1, 0.15) is 10.5 Å². The lowest BCUT2D eigenvalue weighted by Crippen LogP contribution is -1.82. The Hall–Kier alpha value is -1.71. The first kappa shape index (κ1) is 6.03. The fourth-order valence-electron chi connectivity index (χ4n) is 0.905. The summed E-state index contributed by atoms with van der Waals surface area (Å²) in [6.45, 7) is 0. The number of carbonyl (C=O) groups is 1. The molecule has 11 heavy (non-hydrogen) atoms. The number of aldehydes is 1. The second-order valence-corrected chi connectivity index (χ2v) is 2.11. The molecule has 0 aliphatic heterocycles.